The summed E-state index contributed by atoms with van der Waals surface area (Å²) in [6, 6.07) is 10.4. The Labute approximate surface area is 131 Å². The minimum absolute atomic E-state index is 0.276. The van der Waals surface area contributed by atoms with Crippen LogP contribution < -0.4 is 4.90 Å². The van der Waals surface area contributed by atoms with E-state index in [1.54, 1.807) is 0 Å². The fourth-order valence-electron chi connectivity index (χ4n) is 3.17. The highest BCUT2D eigenvalue weighted by Gasteiger charge is 2.24. The zero-order chi connectivity index (χ0) is 15.5. The Balaban J connectivity index is 2.03. The average Bonchev–Trinajstić information content (AvgIpc) is 3.08. The molecule has 116 valence electrons. The van der Waals surface area contributed by atoms with Crippen molar-refractivity contribution in [1.82, 2.24) is 4.57 Å². The highest BCUT2D eigenvalue weighted by atomic mass is 16.5. The van der Waals surface area contributed by atoms with Gasteiger partial charge in [0.15, 0.2) is 0 Å². The quantitative estimate of drug-likeness (QED) is 0.811. The van der Waals surface area contributed by atoms with Gasteiger partial charge in [0.05, 0.1) is 18.4 Å². The van der Waals surface area contributed by atoms with Crippen LogP contribution in [0.4, 0.5) is 5.69 Å². The van der Waals surface area contributed by atoms with Gasteiger partial charge in [-0.2, -0.15) is 0 Å². The number of esters is 1. The molecule has 3 rings (SSSR count). The lowest BCUT2D eigenvalue weighted by Gasteiger charge is -2.36. The molecule has 1 atom stereocenters. The number of anilines is 1. The van der Waals surface area contributed by atoms with E-state index >= 15 is 0 Å². The molecule has 0 saturated carbocycles. The molecule has 1 aromatic carbocycles. The molecule has 4 nitrogen and oxygen atoms in total. The normalized spacial score (nSPS) is 18.3. The van der Waals surface area contributed by atoms with Crippen LogP contribution in [0.3, 0.4) is 0 Å². The molecule has 0 N–H and O–H groups in total. The molecule has 2 aromatic rings. The van der Waals surface area contributed by atoms with Crippen molar-refractivity contribution in [2.24, 2.45) is 0 Å². The number of methoxy groups -OCH3 is 1. The van der Waals surface area contributed by atoms with Gasteiger partial charge in [0.2, 0.25) is 0 Å². The van der Waals surface area contributed by atoms with Gasteiger partial charge in [-0.25, -0.2) is 4.79 Å². The standard InChI is InChI=1S/C18H22N2O2/c1-14-7-3-4-12-20(14)17-9-8-15(19-10-5-6-11-19)13-16(17)18(21)22-2/h5-6,8-11,13-14H,3-4,7,12H2,1-2H3. The lowest BCUT2D eigenvalue weighted by molar-refractivity contribution is 0.0601. The van der Waals surface area contributed by atoms with Gasteiger partial charge in [-0.3, -0.25) is 0 Å². The fourth-order valence-corrected chi connectivity index (χ4v) is 3.17. The summed E-state index contributed by atoms with van der Waals surface area (Å²) in [6.45, 7) is 3.22. The SMILES string of the molecule is COC(=O)c1cc(-n2cccc2)ccc1N1CCCCC1C. The van der Waals surface area contributed by atoms with Gasteiger partial charge in [0.1, 0.15) is 0 Å². The van der Waals surface area contributed by atoms with Gasteiger partial charge in [-0.1, -0.05) is 0 Å². The zero-order valence-corrected chi connectivity index (χ0v) is 13.2. The van der Waals surface area contributed by atoms with Crippen molar-refractivity contribution in [2.75, 3.05) is 18.6 Å². The molecule has 1 saturated heterocycles. The van der Waals surface area contributed by atoms with Gasteiger partial charge in [0.25, 0.3) is 0 Å². The van der Waals surface area contributed by atoms with E-state index in [0.717, 1.165) is 17.9 Å². The Hall–Kier alpha value is -2.23. The van der Waals surface area contributed by atoms with Gasteiger partial charge >= 0.3 is 5.97 Å². The van der Waals surface area contributed by atoms with E-state index in [1.807, 2.05) is 41.2 Å². The number of aromatic nitrogens is 1. The molecule has 4 heteroatoms. The van der Waals surface area contributed by atoms with Crippen LogP contribution in [0.5, 0.6) is 0 Å². The van der Waals surface area contributed by atoms with Crippen molar-refractivity contribution in [3.63, 3.8) is 0 Å². The van der Waals surface area contributed by atoms with Crippen molar-refractivity contribution in [3.05, 3.63) is 48.3 Å². The predicted molar refractivity (Wildman–Crippen MR) is 87.8 cm³/mol. The Morgan fingerprint density at radius 1 is 1.23 bits per heavy atom. The molecule has 0 spiro atoms. The summed E-state index contributed by atoms with van der Waals surface area (Å²) in [5.41, 5.74) is 2.59. The predicted octanol–water partition coefficient (Wildman–Crippen LogP) is 3.64. The van der Waals surface area contributed by atoms with E-state index in [2.05, 4.69) is 17.9 Å². The number of hydrogen-bond acceptors (Lipinski definition) is 3. The lowest BCUT2D eigenvalue weighted by Crippen LogP contribution is -2.38. The molecule has 0 aliphatic carbocycles. The third-order valence-electron chi connectivity index (χ3n) is 4.40. The first-order valence-electron chi connectivity index (χ1n) is 7.83. The van der Waals surface area contributed by atoms with Crippen LogP contribution in [0.2, 0.25) is 0 Å². The summed E-state index contributed by atoms with van der Waals surface area (Å²) in [6.07, 6.45) is 7.54. The van der Waals surface area contributed by atoms with Crippen molar-refractivity contribution in [1.29, 1.82) is 0 Å². The molecule has 0 radical (unpaired) electrons. The molecule has 22 heavy (non-hydrogen) atoms. The number of rotatable bonds is 3. The fraction of sp³-hybridized carbons (Fsp3) is 0.389. The van der Waals surface area contributed by atoms with E-state index in [1.165, 1.54) is 26.4 Å². The Kier molecular flexibility index (Phi) is 4.18. The van der Waals surface area contributed by atoms with Crippen LogP contribution in [0.15, 0.2) is 42.7 Å². The molecule has 1 unspecified atom stereocenters. The van der Waals surface area contributed by atoms with Crippen LogP contribution in [0, 0.1) is 0 Å². The molecule has 1 aliphatic rings. The molecular formula is C18H22N2O2. The second kappa shape index (κ2) is 6.26. The first-order valence-corrected chi connectivity index (χ1v) is 7.83. The highest BCUT2D eigenvalue weighted by molar-refractivity contribution is 5.96. The van der Waals surface area contributed by atoms with E-state index in [9.17, 15) is 4.79 Å². The smallest absolute Gasteiger partial charge is 0.340 e. The first kappa shape index (κ1) is 14.7. The molecule has 1 aliphatic heterocycles. The molecular weight excluding hydrogens is 276 g/mol. The number of ether oxygens (including phenoxy) is 1. The molecule has 1 aromatic heterocycles. The maximum absolute atomic E-state index is 12.2. The second-order valence-electron chi connectivity index (χ2n) is 5.82. The third-order valence-corrected chi connectivity index (χ3v) is 4.40. The van der Waals surface area contributed by atoms with Crippen LogP contribution in [0.1, 0.15) is 36.5 Å². The number of carbonyl (C=O) groups excluding carboxylic acids is 1. The van der Waals surface area contributed by atoms with Gasteiger partial charge in [0, 0.05) is 30.7 Å². The number of hydrogen-bond donors (Lipinski definition) is 0. The van der Waals surface area contributed by atoms with Crippen molar-refractivity contribution >= 4 is 11.7 Å². The summed E-state index contributed by atoms with van der Waals surface area (Å²) in [7, 11) is 1.44. The van der Waals surface area contributed by atoms with E-state index in [0.29, 0.717) is 11.6 Å². The summed E-state index contributed by atoms with van der Waals surface area (Å²) in [5, 5.41) is 0. The largest absolute Gasteiger partial charge is 0.465 e. The second-order valence-corrected chi connectivity index (χ2v) is 5.82. The number of nitrogens with zero attached hydrogens (tertiary/aromatic N) is 2. The zero-order valence-electron chi connectivity index (χ0n) is 13.2. The Morgan fingerprint density at radius 2 is 2.00 bits per heavy atom. The Bertz CT molecular complexity index is 649. The van der Waals surface area contributed by atoms with Gasteiger partial charge in [-0.15, -0.1) is 0 Å². The number of benzene rings is 1. The maximum Gasteiger partial charge on any atom is 0.340 e. The minimum atomic E-state index is -0.276. The van der Waals surface area contributed by atoms with Crippen molar-refractivity contribution in [2.45, 2.75) is 32.2 Å². The van der Waals surface area contributed by atoms with E-state index < -0.39 is 0 Å². The lowest BCUT2D eigenvalue weighted by atomic mass is 10.0. The topological polar surface area (TPSA) is 34.5 Å². The first-order chi connectivity index (χ1) is 10.7. The van der Waals surface area contributed by atoms with Crippen LogP contribution >= 0.6 is 0 Å². The highest BCUT2D eigenvalue weighted by Crippen LogP contribution is 2.30. The molecule has 0 amide bonds. The van der Waals surface area contributed by atoms with Gasteiger partial charge in [-0.05, 0) is 56.5 Å². The monoisotopic (exact) mass is 298 g/mol. The van der Waals surface area contributed by atoms with Crippen LogP contribution in [0.25, 0.3) is 5.69 Å². The van der Waals surface area contributed by atoms with Crippen LogP contribution in [-0.2, 0) is 4.74 Å². The number of carbonyl (C=O) groups is 1. The third kappa shape index (κ3) is 2.73. The number of piperidine rings is 1. The average molecular weight is 298 g/mol. The van der Waals surface area contributed by atoms with Crippen LogP contribution in [-0.4, -0.2) is 30.2 Å². The maximum atomic E-state index is 12.2. The summed E-state index contributed by atoms with van der Waals surface area (Å²) < 4.78 is 7.00. The van der Waals surface area contributed by atoms with Gasteiger partial charge < -0.3 is 14.2 Å². The minimum Gasteiger partial charge on any atom is -0.465 e. The molecule has 0 bridgehead atoms. The molecule has 2 heterocycles. The summed E-state index contributed by atoms with van der Waals surface area (Å²) >= 11 is 0. The van der Waals surface area contributed by atoms with Crippen molar-refractivity contribution < 1.29 is 9.53 Å². The molecule has 1 fully saturated rings. The summed E-state index contributed by atoms with van der Waals surface area (Å²) in [5.74, 6) is -0.276. The van der Waals surface area contributed by atoms with E-state index in [-0.39, 0.29) is 5.97 Å². The summed E-state index contributed by atoms with van der Waals surface area (Å²) in [4.78, 5) is 14.6. The van der Waals surface area contributed by atoms with Crippen molar-refractivity contribution in [3.8, 4) is 5.69 Å². The van der Waals surface area contributed by atoms with E-state index in [4.69, 9.17) is 4.74 Å². The Morgan fingerprint density at radius 3 is 2.68 bits per heavy atom.